The Hall–Kier alpha value is -3.07. The highest BCUT2D eigenvalue weighted by atomic mass is 32.2. The van der Waals surface area contributed by atoms with Gasteiger partial charge in [0.1, 0.15) is 17.4 Å². The first kappa shape index (κ1) is 19.7. The van der Waals surface area contributed by atoms with Crippen LogP contribution in [0.2, 0.25) is 0 Å². The van der Waals surface area contributed by atoms with Gasteiger partial charge in [0.15, 0.2) is 5.01 Å². The van der Waals surface area contributed by atoms with Crippen molar-refractivity contribution in [2.45, 2.75) is 0 Å². The number of nitrogens with zero attached hydrogens (tertiary/aromatic N) is 3. The van der Waals surface area contributed by atoms with Gasteiger partial charge in [0.05, 0.1) is 11.1 Å². The summed E-state index contributed by atoms with van der Waals surface area (Å²) in [5.74, 6) is -0.481. The molecule has 0 aliphatic heterocycles. The molecule has 2 aromatic heterocycles. The summed E-state index contributed by atoms with van der Waals surface area (Å²) in [4.78, 5) is 13.3. The van der Waals surface area contributed by atoms with Crippen LogP contribution in [0, 0.1) is 11.3 Å². The average molecular weight is 433 g/mol. The number of carbonyl (C=O) groups is 1. The molecule has 3 rings (SSSR count). The van der Waals surface area contributed by atoms with E-state index >= 15 is 0 Å². The molecule has 0 saturated heterocycles. The number of nitriles is 1. The van der Waals surface area contributed by atoms with Crippen LogP contribution >= 0.6 is 22.7 Å². The molecule has 0 spiro atoms. The molecule has 0 fully saturated rings. The van der Waals surface area contributed by atoms with Crippen molar-refractivity contribution in [3.63, 3.8) is 0 Å². The van der Waals surface area contributed by atoms with E-state index in [9.17, 15) is 18.5 Å². The Labute approximate surface area is 168 Å². The van der Waals surface area contributed by atoms with Crippen LogP contribution in [0.5, 0.6) is 5.75 Å². The van der Waals surface area contributed by atoms with Crippen LogP contribution in [0.3, 0.4) is 0 Å². The summed E-state index contributed by atoms with van der Waals surface area (Å²) in [6, 6.07) is 11.5. The van der Waals surface area contributed by atoms with E-state index < -0.39 is 16.0 Å². The fourth-order valence-corrected chi connectivity index (χ4v) is 4.04. The summed E-state index contributed by atoms with van der Waals surface area (Å²) < 4.78 is 27.0. The third-order valence-corrected chi connectivity index (χ3v) is 5.55. The summed E-state index contributed by atoms with van der Waals surface area (Å²) in [5.41, 5.74) is 0.397. The van der Waals surface area contributed by atoms with E-state index in [1.807, 2.05) is 23.6 Å². The number of rotatable bonds is 6. The number of carbonyl (C=O) groups excluding carboxylic acids is 1. The van der Waals surface area contributed by atoms with Gasteiger partial charge < -0.3 is 4.18 Å². The quantitative estimate of drug-likeness (QED) is 0.361. The second-order valence-corrected chi connectivity index (χ2v) is 8.87. The molecule has 11 heteroatoms. The monoisotopic (exact) mass is 432 g/mol. The zero-order chi connectivity index (χ0) is 20.1. The van der Waals surface area contributed by atoms with Crippen molar-refractivity contribution in [2.75, 3.05) is 11.6 Å². The SMILES string of the molecule is CS(=O)(=O)Oc1ccc(/C=C(\C#N)C(=O)Nc2nnc(-c3cccs3)s2)cc1. The van der Waals surface area contributed by atoms with Gasteiger partial charge in [-0.05, 0) is 35.2 Å². The van der Waals surface area contributed by atoms with Gasteiger partial charge in [0.2, 0.25) is 5.13 Å². The molecule has 3 aromatic rings. The van der Waals surface area contributed by atoms with Crippen molar-refractivity contribution in [1.29, 1.82) is 5.26 Å². The number of nitrogens with one attached hydrogen (secondary N) is 1. The molecule has 8 nitrogen and oxygen atoms in total. The summed E-state index contributed by atoms with van der Waals surface area (Å²) in [5, 5.41) is 22.6. The second-order valence-electron chi connectivity index (χ2n) is 5.37. The van der Waals surface area contributed by atoms with Gasteiger partial charge in [0, 0.05) is 0 Å². The lowest BCUT2D eigenvalue weighted by Crippen LogP contribution is -2.13. The Kier molecular flexibility index (Phi) is 5.84. The maximum Gasteiger partial charge on any atom is 0.306 e. The van der Waals surface area contributed by atoms with Gasteiger partial charge >= 0.3 is 10.1 Å². The highest BCUT2D eigenvalue weighted by Crippen LogP contribution is 2.29. The van der Waals surface area contributed by atoms with Crippen molar-refractivity contribution >= 4 is 49.9 Å². The summed E-state index contributed by atoms with van der Waals surface area (Å²) in [6.07, 6.45) is 2.32. The number of hydrogen-bond donors (Lipinski definition) is 1. The Balaban J connectivity index is 1.72. The zero-order valence-corrected chi connectivity index (χ0v) is 16.8. The molecule has 28 heavy (non-hydrogen) atoms. The molecule has 0 bridgehead atoms. The molecule has 2 heterocycles. The van der Waals surface area contributed by atoms with Crippen LogP contribution in [-0.4, -0.2) is 30.8 Å². The number of aromatic nitrogens is 2. The van der Waals surface area contributed by atoms with Crippen molar-refractivity contribution in [2.24, 2.45) is 0 Å². The molecule has 0 saturated carbocycles. The minimum atomic E-state index is -3.62. The maximum absolute atomic E-state index is 12.3. The number of hydrogen-bond acceptors (Lipinski definition) is 9. The minimum absolute atomic E-state index is 0.135. The predicted molar refractivity (Wildman–Crippen MR) is 107 cm³/mol. The maximum atomic E-state index is 12.3. The van der Waals surface area contributed by atoms with E-state index in [-0.39, 0.29) is 16.5 Å². The lowest BCUT2D eigenvalue weighted by Gasteiger charge is -2.03. The molecule has 142 valence electrons. The largest absolute Gasteiger partial charge is 0.383 e. The molecule has 0 atom stereocenters. The van der Waals surface area contributed by atoms with E-state index in [1.165, 1.54) is 53.0 Å². The van der Waals surface area contributed by atoms with Crippen molar-refractivity contribution in [1.82, 2.24) is 10.2 Å². The lowest BCUT2D eigenvalue weighted by molar-refractivity contribution is -0.112. The molecule has 0 aliphatic rings. The summed E-state index contributed by atoms with van der Waals surface area (Å²) >= 11 is 2.72. The van der Waals surface area contributed by atoms with Gasteiger partial charge in [-0.25, -0.2) is 0 Å². The predicted octanol–water partition coefficient (Wildman–Crippen LogP) is 3.15. The Morgan fingerprint density at radius 3 is 2.61 bits per heavy atom. The van der Waals surface area contributed by atoms with Gasteiger partial charge in [0.25, 0.3) is 5.91 Å². The van der Waals surface area contributed by atoms with Crippen LogP contribution in [0.4, 0.5) is 5.13 Å². The van der Waals surface area contributed by atoms with Crippen molar-refractivity contribution in [3.8, 4) is 21.7 Å². The van der Waals surface area contributed by atoms with Crippen LogP contribution in [0.15, 0.2) is 47.4 Å². The molecule has 1 N–H and O–H groups in total. The van der Waals surface area contributed by atoms with E-state index in [1.54, 1.807) is 0 Å². The van der Waals surface area contributed by atoms with Crippen LogP contribution < -0.4 is 9.50 Å². The molecule has 1 amide bonds. The number of amides is 1. The summed E-state index contributed by atoms with van der Waals surface area (Å²) in [6.45, 7) is 0. The van der Waals surface area contributed by atoms with Crippen LogP contribution in [-0.2, 0) is 14.9 Å². The van der Waals surface area contributed by atoms with Crippen LogP contribution in [0.1, 0.15) is 5.56 Å². The Morgan fingerprint density at radius 2 is 2.00 bits per heavy atom. The summed E-state index contributed by atoms with van der Waals surface area (Å²) in [7, 11) is -3.62. The highest BCUT2D eigenvalue weighted by Gasteiger charge is 2.14. The standard InChI is InChI=1S/C17H12N4O4S3/c1-28(23,24)25-13-6-4-11(5-7-13)9-12(10-18)15(22)19-17-21-20-16(27-17)14-3-2-8-26-14/h2-9H,1H3,(H,19,21,22)/b12-9+. The van der Waals surface area contributed by atoms with Gasteiger partial charge in [-0.2, -0.15) is 13.7 Å². The first-order chi connectivity index (χ1) is 13.3. The van der Waals surface area contributed by atoms with Gasteiger partial charge in [-0.1, -0.05) is 29.5 Å². The number of thiophene rings is 1. The molecular weight excluding hydrogens is 420 g/mol. The fraction of sp³-hybridized carbons (Fsp3) is 0.0588. The van der Waals surface area contributed by atoms with E-state index in [0.29, 0.717) is 10.6 Å². The second kappa shape index (κ2) is 8.30. The first-order valence-electron chi connectivity index (χ1n) is 7.64. The van der Waals surface area contributed by atoms with Crippen LogP contribution in [0.25, 0.3) is 16.0 Å². The third-order valence-electron chi connectivity index (χ3n) is 3.18. The molecule has 0 aliphatic carbocycles. The molecule has 1 aromatic carbocycles. The normalized spacial score (nSPS) is 11.6. The number of anilines is 1. The van der Waals surface area contributed by atoms with Crippen molar-refractivity contribution < 1.29 is 17.4 Å². The third kappa shape index (κ3) is 5.23. The van der Waals surface area contributed by atoms with E-state index in [4.69, 9.17) is 4.18 Å². The van der Waals surface area contributed by atoms with Crippen molar-refractivity contribution in [3.05, 3.63) is 52.9 Å². The average Bonchev–Trinajstić information content (AvgIpc) is 3.31. The van der Waals surface area contributed by atoms with Gasteiger partial charge in [-0.15, -0.1) is 21.5 Å². The Morgan fingerprint density at radius 1 is 1.25 bits per heavy atom. The Bertz CT molecular complexity index is 1160. The molecular formula is C17H12N4O4S3. The lowest BCUT2D eigenvalue weighted by atomic mass is 10.1. The van der Waals surface area contributed by atoms with E-state index in [2.05, 4.69) is 15.5 Å². The minimum Gasteiger partial charge on any atom is -0.383 e. The fourth-order valence-electron chi connectivity index (χ4n) is 2.05. The zero-order valence-electron chi connectivity index (χ0n) is 14.3. The van der Waals surface area contributed by atoms with E-state index in [0.717, 1.165) is 11.1 Å². The first-order valence-corrected chi connectivity index (χ1v) is 11.2. The van der Waals surface area contributed by atoms with Gasteiger partial charge in [-0.3, -0.25) is 10.1 Å². The molecule has 0 unspecified atom stereocenters. The smallest absolute Gasteiger partial charge is 0.306 e. The number of benzene rings is 1. The molecule has 0 radical (unpaired) electrons. The highest BCUT2D eigenvalue weighted by molar-refractivity contribution is 7.86. The topological polar surface area (TPSA) is 122 Å².